The molecule has 0 atom stereocenters. The van der Waals surface area contributed by atoms with E-state index in [1.54, 1.807) is 0 Å². The minimum atomic E-state index is 0.926. The summed E-state index contributed by atoms with van der Waals surface area (Å²) < 4.78 is 0. The standard InChI is InChI=1S/C10H19B/c1-2-3-5-8-11-9-6-4-7-10-11/h5,8H,2-4,6-7,9-10H2,1H3. The SMILES string of the molecule is CCCC=CB1CCCCC1. The average molecular weight is 150 g/mol. The maximum atomic E-state index is 2.45. The Labute approximate surface area is 71.2 Å². The van der Waals surface area contributed by atoms with E-state index in [9.17, 15) is 0 Å². The fraction of sp³-hybridized carbons (Fsp3) is 0.800. The lowest BCUT2D eigenvalue weighted by atomic mass is 9.41. The quantitative estimate of drug-likeness (QED) is 0.539. The van der Waals surface area contributed by atoms with E-state index in [1.807, 2.05) is 0 Å². The summed E-state index contributed by atoms with van der Waals surface area (Å²) in [5, 5.41) is 0. The van der Waals surface area contributed by atoms with Crippen LogP contribution in [0.5, 0.6) is 0 Å². The maximum absolute atomic E-state index is 2.45. The van der Waals surface area contributed by atoms with Crippen LogP contribution in [0, 0.1) is 0 Å². The Morgan fingerprint density at radius 1 is 1.18 bits per heavy atom. The first-order valence-electron chi connectivity index (χ1n) is 5.10. The molecule has 0 aliphatic carbocycles. The van der Waals surface area contributed by atoms with Gasteiger partial charge in [0.2, 0.25) is 0 Å². The molecule has 1 saturated heterocycles. The van der Waals surface area contributed by atoms with Crippen LogP contribution in [0.15, 0.2) is 12.1 Å². The van der Waals surface area contributed by atoms with Crippen molar-refractivity contribution in [1.82, 2.24) is 0 Å². The van der Waals surface area contributed by atoms with Crippen molar-refractivity contribution >= 4 is 6.71 Å². The molecule has 1 rings (SSSR count). The zero-order valence-corrected chi connectivity index (χ0v) is 7.68. The van der Waals surface area contributed by atoms with Gasteiger partial charge in [0.25, 0.3) is 0 Å². The third kappa shape index (κ3) is 3.64. The zero-order chi connectivity index (χ0) is 7.94. The van der Waals surface area contributed by atoms with Crippen LogP contribution in [0.3, 0.4) is 0 Å². The van der Waals surface area contributed by atoms with Gasteiger partial charge in [-0.3, -0.25) is 0 Å². The molecule has 0 aromatic heterocycles. The summed E-state index contributed by atoms with van der Waals surface area (Å²) in [7, 11) is 0. The second-order valence-electron chi connectivity index (χ2n) is 3.61. The van der Waals surface area contributed by atoms with Crippen LogP contribution in [0.1, 0.15) is 39.0 Å². The number of hydrogen-bond acceptors (Lipinski definition) is 0. The van der Waals surface area contributed by atoms with E-state index in [0.717, 1.165) is 6.71 Å². The molecule has 0 aromatic carbocycles. The lowest BCUT2D eigenvalue weighted by molar-refractivity contribution is 0.727. The van der Waals surface area contributed by atoms with Crippen molar-refractivity contribution in [2.24, 2.45) is 0 Å². The molecule has 1 aliphatic rings. The molecular formula is C10H19B. The molecule has 62 valence electrons. The molecule has 0 aromatic rings. The number of rotatable bonds is 3. The Bertz CT molecular complexity index is 112. The topological polar surface area (TPSA) is 0 Å². The minimum absolute atomic E-state index is 0.926. The van der Waals surface area contributed by atoms with Gasteiger partial charge in [-0.25, -0.2) is 0 Å². The normalized spacial score (nSPS) is 19.5. The lowest BCUT2D eigenvalue weighted by Gasteiger charge is -2.14. The third-order valence-corrected chi connectivity index (χ3v) is 2.51. The molecular weight excluding hydrogens is 131 g/mol. The first-order chi connectivity index (χ1) is 5.43. The molecule has 1 heteroatoms. The number of allylic oxidation sites excluding steroid dienone is 1. The molecule has 0 nitrogen and oxygen atoms in total. The average Bonchev–Trinajstić information content (AvgIpc) is 2.07. The smallest absolute Gasteiger partial charge is 0.119 e. The summed E-state index contributed by atoms with van der Waals surface area (Å²) >= 11 is 0. The highest BCUT2D eigenvalue weighted by Crippen LogP contribution is 2.19. The molecule has 1 heterocycles. The maximum Gasteiger partial charge on any atom is 0.166 e. The number of unbranched alkanes of at least 4 members (excludes halogenated alkanes) is 1. The van der Waals surface area contributed by atoms with Crippen molar-refractivity contribution in [1.29, 1.82) is 0 Å². The molecule has 0 saturated carbocycles. The van der Waals surface area contributed by atoms with Crippen LogP contribution in [0.25, 0.3) is 0 Å². The summed E-state index contributed by atoms with van der Waals surface area (Å²) in [5.74, 6) is 2.45. The van der Waals surface area contributed by atoms with Gasteiger partial charge in [0.05, 0.1) is 0 Å². The molecule has 0 radical (unpaired) electrons. The van der Waals surface area contributed by atoms with Crippen LogP contribution < -0.4 is 0 Å². The summed E-state index contributed by atoms with van der Waals surface area (Å²) in [4.78, 5) is 0. The van der Waals surface area contributed by atoms with E-state index in [4.69, 9.17) is 0 Å². The predicted octanol–water partition coefficient (Wildman–Crippen LogP) is 3.56. The van der Waals surface area contributed by atoms with Crippen molar-refractivity contribution in [3.05, 3.63) is 12.1 Å². The van der Waals surface area contributed by atoms with Gasteiger partial charge >= 0.3 is 0 Å². The molecule has 11 heavy (non-hydrogen) atoms. The fourth-order valence-corrected chi connectivity index (χ4v) is 1.78. The largest absolute Gasteiger partial charge is 0.166 e. The first kappa shape index (κ1) is 8.90. The monoisotopic (exact) mass is 150 g/mol. The molecule has 0 bridgehead atoms. The van der Waals surface area contributed by atoms with E-state index in [1.165, 1.54) is 44.7 Å². The summed E-state index contributed by atoms with van der Waals surface area (Å²) in [6, 6.07) is 0. The highest BCUT2D eigenvalue weighted by Gasteiger charge is 2.12. The Morgan fingerprint density at radius 3 is 2.55 bits per heavy atom. The van der Waals surface area contributed by atoms with Crippen molar-refractivity contribution in [2.75, 3.05) is 0 Å². The molecule has 0 amide bonds. The third-order valence-electron chi connectivity index (χ3n) is 2.51. The summed E-state index contributed by atoms with van der Waals surface area (Å²) in [5.41, 5.74) is 0. The molecule has 1 aliphatic heterocycles. The highest BCUT2D eigenvalue weighted by molar-refractivity contribution is 6.64. The second kappa shape index (κ2) is 5.45. The van der Waals surface area contributed by atoms with Gasteiger partial charge in [0.1, 0.15) is 0 Å². The summed E-state index contributed by atoms with van der Waals surface area (Å²) in [6.45, 7) is 3.17. The Balaban J connectivity index is 2.13. The first-order valence-corrected chi connectivity index (χ1v) is 5.10. The minimum Gasteiger partial charge on any atom is -0.119 e. The predicted molar refractivity (Wildman–Crippen MR) is 53.3 cm³/mol. The van der Waals surface area contributed by atoms with E-state index in [2.05, 4.69) is 19.0 Å². The Hall–Kier alpha value is -0.195. The van der Waals surface area contributed by atoms with Gasteiger partial charge in [-0.1, -0.05) is 51.3 Å². The molecule has 0 unspecified atom stereocenters. The van der Waals surface area contributed by atoms with Crippen LogP contribution in [0.2, 0.25) is 12.6 Å². The van der Waals surface area contributed by atoms with Crippen LogP contribution in [-0.4, -0.2) is 6.71 Å². The number of hydrogen-bond donors (Lipinski definition) is 0. The van der Waals surface area contributed by atoms with Gasteiger partial charge in [0, 0.05) is 0 Å². The van der Waals surface area contributed by atoms with Crippen molar-refractivity contribution < 1.29 is 0 Å². The zero-order valence-electron chi connectivity index (χ0n) is 7.68. The van der Waals surface area contributed by atoms with Crippen LogP contribution in [-0.2, 0) is 0 Å². The van der Waals surface area contributed by atoms with Gasteiger partial charge in [-0.15, -0.1) is 5.98 Å². The molecule has 0 spiro atoms. The van der Waals surface area contributed by atoms with E-state index in [-0.39, 0.29) is 0 Å². The molecule has 0 N–H and O–H groups in total. The van der Waals surface area contributed by atoms with Gasteiger partial charge in [-0.2, -0.15) is 0 Å². The van der Waals surface area contributed by atoms with Gasteiger partial charge in [-0.05, 0) is 6.42 Å². The van der Waals surface area contributed by atoms with Gasteiger partial charge in [0.15, 0.2) is 6.71 Å². The Kier molecular flexibility index (Phi) is 4.41. The van der Waals surface area contributed by atoms with Crippen molar-refractivity contribution in [2.45, 2.75) is 51.7 Å². The van der Waals surface area contributed by atoms with Crippen LogP contribution >= 0.6 is 0 Å². The van der Waals surface area contributed by atoms with E-state index >= 15 is 0 Å². The Morgan fingerprint density at radius 2 is 1.91 bits per heavy atom. The summed E-state index contributed by atoms with van der Waals surface area (Å²) in [6.07, 6.45) is 12.2. The van der Waals surface area contributed by atoms with Crippen molar-refractivity contribution in [3.8, 4) is 0 Å². The molecule has 1 fully saturated rings. The van der Waals surface area contributed by atoms with Gasteiger partial charge < -0.3 is 0 Å². The fourth-order valence-electron chi connectivity index (χ4n) is 1.78. The lowest BCUT2D eigenvalue weighted by Crippen LogP contribution is -2.12. The van der Waals surface area contributed by atoms with E-state index in [0.29, 0.717) is 0 Å². The second-order valence-corrected chi connectivity index (χ2v) is 3.61. The highest BCUT2D eigenvalue weighted by atomic mass is 13.9. The van der Waals surface area contributed by atoms with Crippen LogP contribution in [0.4, 0.5) is 0 Å². The van der Waals surface area contributed by atoms with Crippen molar-refractivity contribution in [3.63, 3.8) is 0 Å². The van der Waals surface area contributed by atoms with E-state index < -0.39 is 0 Å².